The van der Waals surface area contributed by atoms with Crippen LogP contribution in [-0.2, 0) is 0 Å². The van der Waals surface area contributed by atoms with E-state index in [9.17, 15) is 0 Å². The highest BCUT2D eigenvalue weighted by molar-refractivity contribution is 6.16. The molecule has 1 aliphatic rings. The smallest absolute Gasteiger partial charge is 0.209 e. The first kappa shape index (κ1) is 30.0. The van der Waals surface area contributed by atoms with E-state index in [0.29, 0.717) is 0 Å². The predicted octanol–water partition coefficient (Wildman–Crippen LogP) is 12.6. The van der Waals surface area contributed by atoms with Crippen LogP contribution in [0, 0.1) is 0 Å². The molecule has 0 amide bonds. The number of para-hydroxylation sites is 2. The van der Waals surface area contributed by atoms with Crippen molar-refractivity contribution >= 4 is 55.7 Å². The summed E-state index contributed by atoms with van der Waals surface area (Å²) in [5.74, 6) is 0.750. The van der Waals surface area contributed by atoms with E-state index in [1.54, 1.807) is 0 Å². The van der Waals surface area contributed by atoms with Gasteiger partial charge in [0.15, 0.2) is 0 Å². The summed E-state index contributed by atoms with van der Waals surface area (Å²) in [5.41, 5.74) is 11.6. The number of guanidine groups is 1. The molecule has 0 bridgehead atoms. The van der Waals surface area contributed by atoms with Crippen molar-refractivity contribution in [1.29, 1.82) is 0 Å². The van der Waals surface area contributed by atoms with Crippen molar-refractivity contribution in [1.82, 2.24) is 5.32 Å². The number of fused-ring (bicyclic) bond motifs is 5. The molecule has 52 heavy (non-hydrogen) atoms. The second kappa shape index (κ2) is 12.4. The fourth-order valence-electron chi connectivity index (χ4n) is 7.59. The maximum atomic E-state index is 6.73. The van der Waals surface area contributed by atoms with Gasteiger partial charge in [-0.15, -0.1) is 0 Å². The van der Waals surface area contributed by atoms with Crippen LogP contribution in [0.1, 0.15) is 17.2 Å². The minimum atomic E-state index is -0.197. The quantitative estimate of drug-likeness (QED) is 0.199. The van der Waals surface area contributed by atoms with E-state index in [2.05, 4.69) is 186 Å². The van der Waals surface area contributed by atoms with Gasteiger partial charge in [-0.3, -0.25) is 4.90 Å². The third-order valence-corrected chi connectivity index (χ3v) is 10.1. The lowest BCUT2D eigenvalue weighted by Crippen LogP contribution is -2.42. The Labute approximate surface area is 301 Å². The van der Waals surface area contributed by atoms with Crippen molar-refractivity contribution in [2.75, 3.05) is 4.90 Å². The Kier molecular flexibility index (Phi) is 7.17. The molecule has 2 heterocycles. The van der Waals surface area contributed by atoms with E-state index in [0.717, 1.165) is 72.6 Å². The van der Waals surface area contributed by atoms with Gasteiger partial charge in [0.05, 0.1) is 11.7 Å². The number of hydrogen-bond donors (Lipinski definition) is 1. The summed E-state index contributed by atoms with van der Waals surface area (Å²) in [7, 11) is 0. The van der Waals surface area contributed by atoms with Crippen LogP contribution >= 0.6 is 0 Å². The Hall–Kier alpha value is -6.91. The Bertz CT molecular complexity index is 2750. The van der Waals surface area contributed by atoms with Crippen LogP contribution in [0.15, 0.2) is 197 Å². The van der Waals surface area contributed by atoms with E-state index in [1.807, 2.05) is 12.1 Å². The Morgan fingerprint density at radius 1 is 0.500 bits per heavy atom. The lowest BCUT2D eigenvalue weighted by molar-refractivity contribution is 0.666. The van der Waals surface area contributed by atoms with Crippen molar-refractivity contribution in [3.05, 3.63) is 199 Å². The van der Waals surface area contributed by atoms with Crippen molar-refractivity contribution < 1.29 is 4.42 Å². The van der Waals surface area contributed by atoms with Gasteiger partial charge in [0.25, 0.3) is 0 Å². The van der Waals surface area contributed by atoms with E-state index >= 15 is 0 Å². The molecule has 1 unspecified atom stereocenters. The average Bonchev–Trinajstić information content (AvgIpc) is 3.58. The number of anilines is 2. The maximum absolute atomic E-state index is 6.73. The van der Waals surface area contributed by atoms with Crippen LogP contribution in [0.3, 0.4) is 0 Å². The first-order valence-corrected chi connectivity index (χ1v) is 17.7. The highest BCUT2D eigenvalue weighted by atomic mass is 16.3. The zero-order valence-corrected chi connectivity index (χ0v) is 28.3. The van der Waals surface area contributed by atoms with Crippen molar-refractivity contribution in [2.45, 2.75) is 6.04 Å². The predicted molar refractivity (Wildman–Crippen MR) is 216 cm³/mol. The molecule has 0 saturated heterocycles. The highest BCUT2D eigenvalue weighted by Gasteiger charge is 2.29. The van der Waals surface area contributed by atoms with E-state index in [-0.39, 0.29) is 6.04 Å². The first-order valence-electron chi connectivity index (χ1n) is 17.7. The molecule has 0 aliphatic carbocycles. The monoisotopic (exact) mass is 667 g/mol. The largest absolute Gasteiger partial charge is 0.456 e. The van der Waals surface area contributed by atoms with Crippen LogP contribution in [0.2, 0.25) is 0 Å². The number of benzene rings is 8. The van der Waals surface area contributed by atoms with Crippen LogP contribution in [0.4, 0.5) is 17.1 Å². The van der Waals surface area contributed by atoms with E-state index < -0.39 is 0 Å². The molecule has 246 valence electrons. The molecule has 10 rings (SSSR count). The second-order valence-corrected chi connectivity index (χ2v) is 13.3. The molecule has 0 fully saturated rings. The van der Waals surface area contributed by atoms with Gasteiger partial charge in [0.2, 0.25) is 5.96 Å². The summed E-state index contributed by atoms with van der Waals surface area (Å²) < 4.78 is 6.73. The molecule has 4 heteroatoms. The molecule has 8 aromatic carbocycles. The Morgan fingerprint density at radius 2 is 1.10 bits per heavy atom. The summed E-state index contributed by atoms with van der Waals surface area (Å²) in [6.45, 7) is 0. The summed E-state index contributed by atoms with van der Waals surface area (Å²) in [5, 5.41) is 8.51. The zero-order chi connectivity index (χ0) is 34.4. The van der Waals surface area contributed by atoms with E-state index in [1.165, 1.54) is 16.5 Å². The lowest BCUT2D eigenvalue weighted by Gasteiger charge is -2.34. The van der Waals surface area contributed by atoms with Gasteiger partial charge in [0, 0.05) is 27.7 Å². The SMILES string of the molecule is c1ccc(-c2ccc(N(C3=Nc4ccccc4C(c4cc(-c5ccccc5)c5c(c4)oc4cc6ccccc6cc45)N3)c3ccccc3)cc2)cc1. The minimum Gasteiger partial charge on any atom is -0.456 e. The molecule has 0 saturated carbocycles. The average molecular weight is 668 g/mol. The molecule has 1 aliphatic heterocycles. The number of hydrogen-bond acceptors (Lipinski definition) is 4. The van der Waals surface area contributed by atoms with Gasteiger partial charge in [-0.25, -0.2) is 4.99 Å². The summed E-state index contributed by atoms with van der Waals surface area (Å²) in [6, 6.07) is 66.0. The van der Waals surface area contributed by atoms with Gasteiger partial charge < -0.3 is 9.73 Å². The fourth-order valence-corrected chi connectivity index (χ4v) is 7.59. The highest BCUT2D eigenvalue weighted by Crippen LogP contribution is 2.43. The molecule has 1 atom stereocenters. The van der Waals surface area contributed by atoms with Crippen LogP contribution in [-0.4, -0.2) is 5.96 Å². The van der Waals surface area contributed by atoms with Crippen molar-refractivity contribution in [3.8, 4) is 22.3 Å². The summed E-state index contributed by atoms with van der Waals surface area (Å²) in [6.07, 6.45) is 0. The second-order valence-electron chi connectivity index (χ2n) is 13.3. The number of nitrogens with one attached hydrogen (secondary N) is 1. The van der Waals surface area contributed by atoms with Gasteiger partial charge in [-0.05, 0) is 93.2 Å². The number of aliphatic imine (C=N–C) groups is 1. The minimum absolute atomic E-state index is 0.197. The molecular weight excluding hydrogens is 635 g/mol. The van der Waals surface area contributed by atoms with Crippen LogP contribution < -0.4 is 10.2 Å². The third-order valence-electron chi connectivity index (χ3n) is 10.1. The summed E-state index contributed by atoms with van der Waals surface area (Å²) >= 11 is 0. The van der Waals surface area contributed by atoms with Crippen molar-refractivity contribution in [2.24, 2.45) is 4.99 Å². The number of rotatable bonds is 5. The fraction of sp³-hybridized carbons (Fsp3) is 0.0208. The van der Waals surface area contributed by atoms with Gasteiger partial charge in [-0.2, -0.15) is 0 Å². The lowest BCUT2D eigenvalue weighted by atomic mass is 9.90. The third kappa shape index (κ3) is 5.21. The Balaban J connectivity index is 1.14. The van der Waals surface area contributed by atoms with Gasteiger partial charge in [-0.1, -0.05) is 133 Å². The molecule has 9 aromatic rings. The van der Waals surface area contributed by atoms with Gasteiger partial charge in [0.1, 0.15) is 11.2 Å². The molecule has 4 nitrogen and oxygen atoms in total. The molecule has 0 spiro atoms. The maximum Gasteiger partial charge on any atom is 0.209 e. The summed E-state index contributed by atoms with van der Waals surface area (Å²) in [4.78, 5) is 7.48. The Morgan fingerprint density at radius 3 is 1.85 bits per heavy atom. The molecule has 1 aromatic heterocycles. The molecule has 1 N–H and O–H groups in total. The number of furan rings is 1. The van der Waals surface area contributed by atoms with E-state index in [4.69, 9.17) is 9.41 Å². The molecule has 0 radical (unpaired) electrons. The van der Waals surface area contributed by atoms with Crippen molar-refractivity contribution in [3.63, 3.8) is 0 Å². The van der Waals surface area contributed by atoms with Crippen LogP contribution in [0.5, 0.6) is 0 Å². The molecular formula is C48H33N3O. The zero-order valence-electron chi connectivity index (χ0n) is 28.3. The van der Waals surface area contributed by atoms with Gasteiger partial charge >= 0.3 is 0 Å². The normalized spacial score (nSPS) is 13.8. The standard InChI is InChI=1S/C48H33N3O/c1-4-14-32(15-5-1)33-24-26-39(27-25-33)51(38-20-8-3-9-21-38)48-49-43-23-13-12-22-40(43)47(50-48)37-29-41(34-16-6-2-7-17-34)46-42-28-35-18-10-11-19-36(35)30-44(42)52-45(46)31-37/h1-31,47H,(H,49,50). The number of nitrogens with zero attached hydrogens (tertiary/aromatic N) is 2. The van der Waals surface area contributed by atoms with Crippen LogP contribution in [0.25, 0.3) is 55.0 Å². The first-order chi connectivity index (χ1) is 25.8. The topological polar surface area (TPSA) is 40.8 Å².